The predicted molar refractivity (Wildman–Crippen MR) is 88.1 cm³/mol. The van der Waals surface area contributed by atoms with Gasteiger partial charge in [-0.3, -0.25) is 0 Å². The Morgan fingerprint density at radius 2 is 2.33 bits per heavy atom. The maximum Gasteiger partial charge on any atom is 0.228 e. The zero-order chi connectivity index (χ0) is 14.5. The van der Waals surface area contributed by atoms with Crippen LogP contribution in [0.1, 0.15) is 11.7 Å². The highest BCUT2D eigenvalue weighted by molar-refractivity contribution is 7.99. The molecule has 21 heavy (non-hydrogen) atoms. The van der Waals surface area contributed by atoms with Gasteiger partial charge in [0.15, 0.2) is 5.82 Å². The SMILES string of the molecule is Clc1ccccc1SCc1noc(CC2CSCCN2)n1. The molecule has 1 unspecified atom stereocenters. The molecule has 3 rings (SSSR count). The van der Waals surface area contributed by atoms with Gasteiger partial charge in [0.05, 0.1) is 10.8 Å². The minimum atomic E-state index is 0.438. The molecule has 0 amide bonds. The Balaban J connectivity index is 1.54. The van der Waals surface area contributed by atoms with E-state index >= 15 is 0 Å². The first kappa shape index (κ1) is 15.2. The van der Waals surface area contributed by atoms with Crippen LogP contribution in [0.2, 0.25) is 5.02 Å². The van der Waals surface area contributed by atoms with Crippen LogP contribution in [0, 0.1) is 0 Å². The van der Waals surface area contributed by atoms with E-state index in [0.29, 0.717) is 17.7 Å². The molecular weight excluding hydrogens is 326 g/mol. The summed E-state index contributed by atoms with van der Waals surface area (Å²) in [6.45, 7) is 1.05. The van der Waals surface area contributed by atoms with Crippen LogP contribution in [0.15, 0.2) is 33.7 Å². The summed E-state index contributed by atoms with van der Waals surface area (Å²) in [5, 5.41) is 8.27. The monoisotopic (exact) mass is 341 g/mol. The summed E-state index contributed by atoms with van der Waals surface area (Å²) >= 11 is 9.72. The number of halogens is 1. The number of hydrogen-bond acceptors (Lipinski definition) is 6. The van der Waals surface area contributed by atoms with E-state index in [2.05, 4.69) is 15.5 Å². The van der Waals surface area contributed by atoms with Gasteiger partial charge in [0, 0.05) is 35.4 Å². The zero-order valence-corrected chi connectivity index (χ0v) is 13.8. The summed E-state index contributed by atoms with van der Waals surface area (Å²) in [5.74, 6) is 4.38. The molecule has 2 heterocycles. The Morgan fingerprint density at radius 3 is 3.14 bits per heavy atom. The van der Waals surface area contributed by atoms with Crippen molar-refractivity contribution in [1.29, 1.82) is 0 Å². The van der Waals surface area contributed by atoms with Crippen LogP contribution in [0.5, 0.6) is 0 Å². The molecule has 1 aromatic carbocycles. The van der Waals surface area contributed by atoms with Crippen LogP contribution in [0.25, 0.3) is 0 Å². The van der Waals surface area contributed by atoms with Crippen LogP contribution in [-0.4, -0.2) is 34.2 Å². The largest absolute Gasteiger partial charge is 0.339 e. The van der Waals surface area contributed by atoms with Crippen LogP contribution in [-0.2, 0) is 12.2 Å². The van der Waals surface area contributed by atoms with Gasteiger partial charge in [-0.25, -0.2) is 0 Å². The standard InChI is InChI=1S/C14H16ClN3OS2/c15-11-3-1-2-4-12(11)21-9-13-17-14(19-18-13)7-10-8-20-6-5-16-10/h1-4,10,16H,5-9H2. The summed E-state index contributed by atoms with van der Waals surface area (Å²) in [6.07, 6.45) is 0.802. The quantitative estimate of drug-likeness (QED) is 0.842. The number of thioether (sulfide) groups is 2. The lowest BCUT2D eigenvalue weighted by molar-refractivity contribution is 0.359. The maximum absolute atomic E-state index is 6.13. The third-order valence-electron chi connectivity index (χ3n) is 3.12. The highest BCUT2D eigenvalue weighted by Gasteiger charge is 2.17. The Kier molecular flexibility index (Phi) is 5.46. The normalized spacial score (nSPS) is 18.8. The molecule has 0 radical (unpaired) electrons. The van der Waals surface area contributed by atoms with Gasteiger partial charge in [0.25, 0.3) is 0 Å². The summed E-state index contributed by atoms with van der Waals surface area (Å²) in [5.41, 5.74) is 0. The van der Waals surface area contributed by atoms with Crippen molar-refractivity contribution in [3.8, 4) is 0 Å². The van der Waals surface area contributed by atoms with E-state index in [1.54, 1.807) is 11.8 Å². The van der Waals surface area contributed by atoms with Crippen molar-refractivity contribution in [1.82, 2.24) is 15.5 Å². The highest BCUT2D eigenvalue weighted by Crippen LogP contribution is 2.28. The van der Waals surface area contributed by atoms with Crippen molar-refractivity contribution >= 4 is 35.1 Å². The lowest BCUT2D eigenvalue weighted by Crippen LogP contribution is -2.38. The van der Waals surface area contributed by atoms with Crippen LogP contribution in [0.4, 0.5) is 0 Å². The smallest absolute Gasteiger partial charge is 0.228 e. The number of hydrogen-bond donors (Lipinski definition) is 1. The second-order valence-electron chi connectivity index (χ2n) is 4.75. The van der Waals surface area contributed by atoms with E-state index in [0.717, 1.165) is 34.5 Å². The lowest BCUT2D eigenvalue weighted by Gasteiger charge is -2.21. The topological polar surface area (TPSA) is 51.0 Å². The first-order valence-corrected chi connectivity index (χ1v) is 9.33. The van der Waals surface area contributed by atoms with E-state index in [9.17, 15) is 0 Å². The van der Waals surface area contributed by atoms with E-state index in [1.165, 1.54) is 5.75 Å². The summed E-state index contributed by atoms with van der Waals surface area (Å²) in [4.78, 5) is 5.50. The number of nitrogens with zero attached hydrogens (tertiary/aromatic N) is 2. The molecule has 1 atom stereocenters. The first-order valence-electron chi connectivity index (χ1n) is 6.81. The van der Waals surface area contributed by atoms with Gasteiger partial charge < -0.3 is 9.84 Å². The third-order valence-corrected chi connectivity index (χ3v) is 5.77. The highest BCUT2D eigenvalue weighted by atomic mass is 35.5. The number of benzene rings is 1. The fraction of sp³-hybridized carbons (Fsp3) is 0.429. The van der Waals surface area contributed by atoms with Crippen LogP contribution >= 0.6 is 35.1 Å². The average molecular weight is 342 g/mol. The number of aromatic nitrogens is 2. The van der Waals surface area contributed by atoms with E-state index < -0.39 is 0 Å². The molecule has 2 aromatic rings. The van der Waals surface area contributed by atoms with Gasteiger partial charge in [-0.05, 0) is 12.1 Å². The molecule has 0 spiro atoms. The third kappa shape index (κ3) is 4.39. The molecule has 1 aliphatic heterocycles. The molecule has 1 saturated heterocycles. The van der Waals surface area contributed by atoms with Gasteiger partial charge in [0.2, 0.25) is 5.89 Å². The molecule has 0 saturated carbocycles. The fourth-order valence-electron chi connectivity index (χ4n) is 2.10. The first-order chi connectivity index (χ1) is 10.3. The van der Waals surface area contributed by atoms with Crippen LogP contribution in [0.3, 0.4) is 0 Å². The van der Waals surface area contributed by atoms with Crippen LogP contribution < -0.4 is 5.32 Å². The second-order valence-corrected chi connectivity index (χ2v) is 7.33. The molecule has 7 heteroatoms. The molecule has 4 nitrogen and oxygen atoms in total. The van der Waals surface area contributed by atoms with Crippen molar-refractivity contribution in [2.75, 3.05) is 18.1 Å². The van der Waals surface area contributed by atoms with E-state index in [1.807, 2.05) is 36.0 Å². The Hall–Kier alpha value is -0.690. The van der Waals surface area contributed by atoms with Gasteiger partial charge in [-0.1, -0.05) is 28.9 Å². The number of nitrogens with one attached hydrogen (secondary N) is 1. The van der Waals surface area contributed by atoms with Gasteiger partial charge >= 0.3 is 0 Å². The molecule has 1 aliphatic rings. The van der Waals surface area contributed by atoms with Crippen molar-refractivity contribution in [2.45, 2.75) is 23.1 Å². The van der Waals surface area contributed by atoms with Crippen molar-refractivity contribution in [2.24, 2.45) is 0 Å². The fourth-order valence-corrected chi connectivity index (χ4v) is 4.13. The minimum absolute atomic E-state index is 0.438. The van der Waals surface area contributed by atoms with E-state index in [-0.39, 0.29) is 0 Å². The van der Waals surface area contributed by atoms with Gasteiger partial charge in [-0.2, -0.15) is 16.7 Å². The number of rotatable bonds is 5. The predicted octanol–water partition coefficient (Wildman–Crippen LogP) is 3.26. The van der Waals surface area contributed by atoms with Gasteiger partial charge in [0.1, 0.15) is 0 Å². The average Bonchev–Trinajstić information content (AvgIpc) is 2.95. The van der Waals surface area contributed by atoms with E-state index in [4.69, 9.17) is 16.1 Å². The lowest BCUT2D eigenvalue weighted by atomic mass is 10.2. The van der Waals surface area contributed by atoms with Gasteiger partial charge in [-0.15, -0.1) is 11.8 Å². The Labute approximate surface area is 137 Å². The molecule has 1 fully saturated rings. The molecular formula is C14H16ClN3OS2. The van der Waals surface area contributed by atoms with Crippen molar-refractivity contribution in [3.05, 3.63) is 41.0 Å². The maximum atomic E-state index is 6.13. The Morgan fingerprint density at radius 1 is 1.43 bits per heavy atom. The summed E-state index contributed by atoms with van der Waals surface area (Å²) < 4.78 is 5.33. The molecule has 0 aliphatic carbocycles. The molecule has 0 bridgehead atoms. The second kappa shape index (κ2) is 7.54. The van der Waals surface area contributed by atoms with Crippen molar-refractivity contribution < 1.29 is 4.52 Å². The summed E-state index contributed by atoms with van der Waals surface area (Å²) in [7, 11) is 0. The summed E-state index contributed by atoms with van der Waals surface area (Å²) in [6, 6.07) is 8.22. The van der Waals surface area contributed by atoms with Crippen molar-refractivity contribution in [3.63, 3.8) is 0 Å². The molecule has 1 N–H and O–H groups in total. The Bertz CT molecular complexity index is 587. The molecule has 112 valence electrons. The molecule has 1 aromatic heterocycles. The zero-order valence-electron chi connectivity index (χ0n) is 11.4. The minimum Gasteiger partial charge on any atom is -0.339 e.